The molecule has 0 bridgehead atoms. The number of fused-ring (bicyclic) bond motifs is 3. The van der Waals surface area contributed by atoms with Gasteiger partial charge in [0.25, 0.3) is 0 Å². The lowest BCUT2D eigenvalue weighted by Gasteiger charge is -2.25. The van der Waals surface area contributed by atoms with Gasteiger partial charge in [0.15, 0.2) is 5.78 Å². The molecule has 1 saturated heterocycles. The highest BCUT2D eigenvalue weighted by atomic mass is 16.6. The minimum atomic E-state index is -0.732. The van der Waals surface area contributed by atoms with Gasteiger partial charge < -0.3 is 9.84 Å². The van der Waals surface area contributed by atoms with Crippen LogP contribution in [0.4, 0.5) is 0 Å². The molecule has 1 N–H and O–H groups in total. The normalized spacial score (nSPS) is 41.9. The Kier molecular flexibility index (Phi) is 2.54. The van der Waals surface area contributed by atoms with Crippen molar-refractivity contribution >= 4 is 11.8 Å². The van der Waals surface area contributed by atoms with Gasteiger partial charge in [-0.3, -0.25) is 4.79 Å². The zero-order chi connectivity index (χ0) is 13.9. The Labute approximate surface area is 111 Å². The summed E-state index contributed by atoms with van der Waals surface area (Å²) in [6, 6.07) is 0. The van der Waals surface area contributed by atoms with E-state index in [1.807, 2.05) is 0 Å². The summed E-state index contributed by atoms with van der Waals surface area (Å²) >= 11 is 0. The standard InChI is InChI=1S/C15H16O4/c1-6-4-11(17)13-8(3)15(18)19-14(13)12-7(2)10(16)5-9(6)12/h9,11-14,17H,1-5H2/t9-,11-,12-,13-,14+/m0/s1. The average Bonchev–Trinajstić information content (AvgIpc) is 2.75. The number of carbonyl (C=O) groups excluding carboxylic acids is 2. The number of carbonyl (C=O) groups is 2. The predicted octanol–water partition coefficient (Wildman–Crippen LogP) is 1.17. The van der Waals surface area contributed by atoms with E-state index in [0.717, 1.165) is 5.57 Å². The van der Waals surface area contributed by atoms with Crippen molar-refractivity contribution in [2.45, 2.75) is 25.0 Å². The summed E-state index contributed by atoms with van der Waals surface area (Å²) in [5.74, 6) is -1.28. The molecule has 0 aromatic rings. The van der Waals surface area contributed by atoms with E-state index >= 15 is 0 Å². The quantitative estimate of drug-likeness (QED) is 0.403. The van der Waals surface area contributed by atoms with Crippen molar-refractivity contribution in [1.82, 2.24) is 0 Å². The van der Waals surface area contributed by atoms with Crippen LogP contribution in [0.1, 0.15) is 12.8 Å². The van der Waals surface area contributed by atoms with Gasteiger partial charge in [-0.15, -0.1) is 0 Å². The monoisotopic (exact) mass is 260 g/mol. The lowest BCUT2D eigenvalue weighted by Crippen LogP contribution is -2.33. The molecule has 0 radical (unpaired) electrons. The van der Waals surface area contributed by atoms with E-state index in [-0.39, 0.29) is 23.2 Å². The number of ether oxygens (including phenoxy) is 1. The van der Waals surface area contributed by atoms with Crippen LogP contribution in [0.2, 0.25) is 0 Å². The molecule has 0 unspecified atom stereocenters. The molecule has 3 fully saturated rings. The summed E-state index contributed by atoms with van der Waals surface area (Å²) in [6.07, 6.45) is -0.538. The molecular weight excluding hydrogens is 244 g/mol. The topological polar surface area (TPSA) is 63.6 Å². The number of Topliss-reactive ketones (excluding diaryl/α,β-unsaturated/α-hetero) is 1. The van der Waals surface area contributed by atoms with Crippen LogP contribution in [0, 0.1) is 17.8 Å². The van der Waals surface area contributed by atoms with Crippen LogP contribution >= 0.6 is 0 Å². The third kappa shape index (κ3) is 1.56. The Morgan fingerprint density at radius 3 is 2.42 bits per heavy atom. The van der Waals surface area contributed by atoms with Crippen molar-refractivity contribution in [2.75, 3.05) is 0 Å². The van der Waals surface area contributed by atoms with Gasteiger partial charge in [0.1, 0.15) is 6.10 Å². The highest BCUT2D eigenvalue weighted by Gasteiger charge is 2.55. The van der Waals surface area contributed by atoms with Crippen molar-refractivity contribution in [1.29, 1.82) is 0 Å². The fourth-order valence-corrected chi connectivity index (χ4v) is 3.61. The highest BCUT2D eigenvalue weighted by molar-refractivity contribution is 5.99. The predicted molar refractivity (Wildman–Crippen MR) is 68.0 cm³/mol. The maximum atomic E-state index is 11.9. The summed E-state index contributed by atoms with van der Waals surface area (Å²) in [4.78, 5) is 23.6. The van der Waals surface area contributed by atoms with E-state index in [1.54, 1.807) is 0 Å². The number of rotatable bonds is 0. The fourth-order valence-electron chi connectivity index (χ4n) is 3.61. The molecule has 100 valence electrons. The van der Waals surface area contributed by atoms with E-state index in [9.17, 15) is 14.7 Å². The molecule has 2 aliphatic carbocycles. The van der Waals surface area contributed by atoms with Crippen LogP contribution in [0.3, 0.4) is 0 Å². The van der Waals surface area contributed by atoms with Crippen LogP contribution < -0.4 is 0 Å². The molecule has 3 aliphatic rings. The SMILES string of the molecule is C=C1C(=O)O[C@H]2[C@@H]1[C@@H](O)CC(=C)[C@@H]1CC(=O)C(=C)[C@H]21. The second kappa shape index (κ2) is 3.90. The van der Waals surface area contributed by atoms with Crippen LogP contribution in [0.15, 0.2) is 36.5 Å². The van der Waals surface area contributed by atoms with Gasteiger partial charge in [-0.05, 0) is 17.9 Å². The molecule has 3 rings (SSSR count). The summed E-state index contributed by atoms with van der Waals surface area (Å²) in [5, 5.41) is 10.3. The minimum Gasteiger partial charge on any atom is -0.458 e. The van der Waals surface area contributed by atoms with E-state index in [0.29, 0.717) is 18.4 Å². The maximum Gasteiger partial charge on any atom is 0.334 e. The largest absolute Gasteiger partial charge is 0.458 e. The van der Waals surface area contributed by atoms with Crippen LogP contribution in [-0.2, 0) is 14.3 Å². The van der Waals surface area contributed by atoms with Gasteiger partial charge in [0.05, 0.1) is 12.0 Å². The summed E-state index contributed by atoms with van der Waals surface area (Å²) in [7, 11) is 0. The number of hydrogen-bond donors (Lipinski definition) is 1. The number of ketones is 1. The number of aliphatic hydroxyl groups excluding tert-OH is 1. The van der Waals surface area contributed by atoms with E-state index < -0.39 is 24.1 Å². The van der Waals surface area contributed by atoms with Gasteiger partial charge in [-0.25, -0.2) is 4.79 Å². The van der Waals surface area contributed by atoms with Crippen molar-refractivity contribution in [3.8, 4) is 0 Å². The Morgan fingerprint density at radius 1 is 1.05 bits per heavy atom. The van der Waals surface area contributed by atoms with Gasteiger partial charge in [-0.1, -0.05) is 25.3 Å². The maximum absolute atomic E-state index is 11.9. The first kappa shape index (κ1) is 12.4. The lowest BCUT2D eigenvalue weighted by molar-refractivity contribution is -0.141. The Balaban J connectivity index is 2.08. The Bertz CT molecular complexity index is 530. The molecular formula is C15H16O4. The van der Waals surface area contributed by atoms with E-state index in [1.165, 1.54) is 0 Å². The summed E-state index contributed by atoms with van der Waals surface area (Å²) in [5.41, 5.74) is 1.61. The third-order valence-electron chi connectivity index (χ3n) is 4.63. The molecule has 0 aromatic carbocycles. The lowest BCUT2D eigenvalue weighted by atomic mass is 9.81. The van der Waals surface area contributed by atoms with Gasteiger partial charge in [-0.2, -0.15) is 0 Å². The van der Waals surface area contributed by atoms with Crippen LogP contribution in [0.5, 0.6) is 0 Å². The zero-order valence-corrected chi connectivity index (χ0v) is 10.6. The Morgan fingerprint density at radius 2 is 1.74 bits per heavy atom. The van der Waals surface area contributed by atoms with Gasteiger partial charge in [0, 0.05) is 17.9 Å². The molecule has 0 spiro atoms. The van der Waals surface area contributed by atoms with Crippen LogP contribution in [0.25, 0.3) is 0 Å². The summed E-state index contributed by atoms with van der Waals surface area (Å²) < 4.78 is 5.36. The zero-order valence-electron chi connectivity index (χ0n) is 10.6. The fraction of sp³-hybridized carbons (Fsp3) is 0.467. The van der Waals surface area contributed by atoms with Crippen LogP contribution in [-0.4, -0.2) is 29.1 Å². The molecule has 5 atom stereocenters. The number of hydrogen-bond acceptors (Lipinski definition) is 4. The van der Waals surface area contributed by atoms with Crippen molar-refractivity contribution in [3.05, 3.63) is 36.5 Å². The minimum absolute atomic E-state index is 0.000138. The number of aliphatic hydroxyl groups is 1. The molecule has 4 nitrogen and oxygen atoms in total. The van der Waals surface area contributed by atoms with Crippen molar-refractivity contribution in [3.63, 3.8) is 0 Å². The highest BCUT2D eigenvalue weighted by Crippen LogP contribution is 2.50. The molecule has 2 saturated carbocycles. The number of esters is 1. The first-order chi connectivity index (χ1) is 8.91. The van der Waals surface area contributed by atoms with Crippen molar-refractivity contribution < 1.29 is 19.4 Å². The van der Waals surface area contributed by atoms with E-state index in [2.05, 4.69) is 19.7 Å². The smallest absolute Gasteiger partial charge is 0.334 e. The molecule has 1 heterocycles. The van der Waals surface area contributed by atoms with Gasteiger partial charge in [0.2, 0.25) is 0 Å². The third-order valence-corrected chi connectivity index (χ3v) is 4.63. The molecule has 0 amide bonds. The first-order valence-corrected chi connectivity index (χ1v) is 6.39. The first-order valence-electron chi connectivity index (χ1n) is 6.39. The summed E-state index contributed by atoms with van der Waals surface area (Å²) in [6.45, 7) is 11.5. The van der Waals surface area contributed by atoms with Gasteiger partial charge >= 0.3 is 5.97 Å². The van der Waals surface area contributed by atoms with Crippen molar-refractivity contribution in [2.24, 2.45) is 17.8 Å². The molecule has 1 aliphatic heterocycles. The average molecular weight is 260 g/mol. The Hall–Kier alpha value is -1.68. The molecule has 4 heteroatoms. The molecule has 0 aromatic heterocycles. The molecule has 19 heavy (non-hydrogen) atoms. The second-order valence-electron chi connectivity index (χ2n) is 5.64. The van der Waals surface area contributed by atoms with E-state index in [4.69, 9.17) is 4.74 Å². The second-order valence-corrected chi connectivity index (χ2v) is 5.64.